The van der Waals surface area contributed by atoms with E-state index >= 15 is 0 Å². The summed E-state index contributed by atoms with van der Waals surface area (Å²) in [6.45, 7) is 1.37. The van der Waals surface area contributed by atoms with Gasteiger partial charge in [0.1, 0.15) is 0 Å². The molecule has 0 spiro atoms. The number of carbonyl (C=O) groups is 1. The number of aldehydes is 1. The quantitative estimate of drug-likeness (QED) is 0.588. The molecule has 0 fully saturated rings. The number of phosphoric ester groups is 1. The van der Waals surface area contributed by atoms with E-state index in [0.717, 1.165) is 0 Å². The van der Waals surface area contributed by atoms with Gasteiger partial charge in [-0.1, -0.05) is 0 Å². The molecule has 7 heteroatoms. The van der Waals surface area contributed by atoms with Crippen LogP contribution in [-0.4, -0.2) is 21.1 Å². The second-order valence-electron chi connectivity index (χ2n) is 2.91. The van der Waals surface area contributed by atoms with Crippen molar-refractivity contribution < 1.29 is 23.7 Å². The van der Waals surface area contributed by atoms with Crippen LogP contribution in [0.4, 0.5) is 0 Å². The first-order valence-electron chi connectivity index (χ1n) is 4.03. The first kappa shape index (κ1) is 12.0. The van der Waals surface area contributed by atoms with Crippen LogP contribution in [0.25, 0.3) is 0 Å². The summed E-state index contributed by atoms with van der Waals surface area (Å²) >= 11 is 0. The molecule has 1 rings (SSSR count). The van der Waals surface area contributed by atoms with Gasteiger partial charge in [0.15, 0.2) is 6.29 Å². The van der Waals surface area contributed by atoms with Gasteiger partial charge in [0.05, 0.1) is 6.61 Å². The molecule has 82 valence electrons. The Labute approximate surface area is 86.2 Å². The maximum Gasteiger partial charge on any atom is 0.469 e. The van der Waals surface area contributed by atoms with Crippen LogP contribution in [0.3, 0.4) is 0 Å². The van der Waals surface area contributed by atoms with E-state index in [0.29, 0.717) is 23.1 Å². The summed E-state index contributed by atoms with van der Waals surface area (Å²) in [6.07, 6.45) is 1.95. The number of hydrogen-bond acceptors (Lipinski definition) is 4. The molecule has 1 aromatic rings. The Morgan fingerprint density at radius 2 is 2.27 bits per heavy atom. The lowest BCUT2D eigenvalue weighted by molar-refractivity contribution is 0.111. The third kappa shape index (κ3) is 3.89. The summed E-state index contributed by atoms with van der Waals surface area (Å²) in [7, 11) is -4.52. The number of hydrogen-bond donors (Lipinski definition) is 2. The van der Waals surface area contributed by atoms with Crippen LogP contribution < -0.4 is 0 Å². The highest BCUT2D eigenvalue weighted by Gasteiger charge is 2.15. The molecule has 0 amide bonds. The highest BCUT2D eigenvalue weighted by molar-refractivity contribution is 7.46. The van der Waals surface area contributed by atoms with Gasteiger partial charge >= 0.3 is 7.82 Å². The van der Waals surface area contributed by atoms with Crippen molar-refractivity contribution in [1.82, 2.24) is 4.98 Å². The zero-order chi connectivity index (χ0) is 11.5. The van der Waals surface area contributed by atoms with Crippen molar-refractivity contribution >= 4 is 14.1 Å². The summed E-state index contributed by atoms with van der Waals surface area (Å²) in [5.74, 6) is 0. The average molecular weight is 231 g/mol. The van der Waals surface area contributed by atoms with E-state index in [1.54, 1.807) is 6.92 Å². The minimum absolute atomic E-state index is 0.316. The van der Waals surface area contributed by atoms with Gasteiger partial charge in [0.25, 0.3) is 0 Å². The number of nitrogens with zero attached hydrogens (tertiary/aromatic N) is 1. The number of pyridine rings is 1. The minimum Gasteiger partial charge on any atom is -0.303 e. The molecule has 0 saturated heterocycles. The lowest BCUT2D eigenvalue weighted by atomic mass is 10.1. The predicted molar refractivity (Wildman–Crippen MR) is 51.2 cm³/mol. The van der Waals surface area contributed by atoms with Crippen LogP contribution in [-0.2, 0) is 15.7 Å². The topological polar surface area (TPSA) is 96.7 Å². The van der Waals surface area contributed by atoms with E-state index in [4.69, 9.17) is 9.79 Å². The summed E-state index contributed by atoms with van der Waals surface area (Å²) in [4.78, 5) is 31.5. The predicted octanol–water partition coefficient (Wildman–Crippen LogP) is 0.812. The second-order valence-corrected chi connectivity index (χ2v) is 4.15. The van der Waals surface area contributed by atoms with E-state index in [1.165, 1.54) is 12.3 Å². The number of aromatic nitrogens is 1. The number of aryl methyl sites for hydroxylation is 1. The molecule has 0 bridgehead atoms. The number of carbonyl (C=O) groups excluding carboxylic acids is 1. The second kappa shape index (κ2) is 4.63. The van der Waals surface area contributed by atoms with Gasteiger partial charge in [-0.25, -0.2) is 4.57 Å². The molecule has 0 saturated carbocycles. The highest BCUT2D eigenvalue weighted by Crippen LogP contribution is 2.37. The summed E-state index contributed by atoms with van der Waals surface area (Å²) in [6, 6.07) is 1.52. The van der Waals surface area contributed by atoms with Gasteiger partial charge in [-0.3, -0.25) is 14.3 Å². The maximum absolute atomic E-state index is 10.6. The van der Waals surface area contributed by atoms with Crippen LogP contribution in [0, 0.1) is 6.92 Å². The average Bonchev–Trinajstić information content (AvgIpc) is 2.14. The maximum atomic E-state index is 10.6. The van der Waals surface area contributed by atoms with E-state index < -0.39 is 7.82 Å². The SMILES string of the molecule is Cc1cc(C=O)c(COP(=O)(O)O)cn1. The van der Waals surface area contributed by atoms with Gasteiger partial charge in [0, 0.05) is 23.0 Å². The normalized spacial score (nSPS) is 11.4. The first-order valence-corrected chi connectivity index (χ1v) is 5.56. The van der Waals surface area contributed by atoms with Crippen LogP contribution in [0.1, 0.15) is 21.6 Å². The third-order valence-corrected chi connectivity index (χ3v) is 2.14. The van der Waals surface area contributed by atoms with E-state index in [2.05, 4.69) is 9.51 Å². The van der Waals surface area contributed by atoms with Crippen LogP contribution in [0.15, 0.2) is 12.3 Å². The largest absolute Gasteiger partial charge is 0.469 e. The van der Waals surface area contributed by atoms with Gasteiger partial charge in [0.2, 0.25) is 0 Å². The Morgan fingerprint density at radius 1 is 1.60 bits per heavy atom. The fraction of sp³-hybridized carbons (Fsp3) is 0.250. The van der Waals surface area contributed by atoms with Crippen LogP contribution in [0.5, 0.6) is 0 Å². The molecule has 0 aliphatic rings. The fourth-order valence-corrected chi connectivity index (χ4v) is 1.30. The Balaban J connectivity index is 2.85. The van der Waals surface area contributed by atoms with Crippen molar-refractivity contribution in [3.8, 4) is 0 Å². The van der Waals surface area contributed by atoms with E-state index in [-0.39, 0.29) is 6.61 Å². The van der Waals surface area contributed by atoms with Crippen molar-refractivity contribution in [3.05, 3.63) is 29.1 Å². The summed E-state index contributed by atoms with van der Waals surface area (Å²) in [5, 5.41) is 0. The van der Waals surface area contributed by atoms with Gasteiger partial charge in [-0.2, -0.15) is 0 Å². The van der Waals surface area contributed by atoms with E-state index in [9.17, 15) is 9.36 Å². The molecule has 0 aromatic carbocycles. The Kier molecular flexibility index (Phi) is 3.71. The molecule has 6 nitrogen and oxygen atoms in total. The molecule has 0 aliphatic carbocycles. The fourth-order valence-electron chi connectivity index (χ4n) is 0.993. The van der Waals surface area contributed by atoms with Crippen molar-refractivity contribution in [2.24, 2.45) is 0 Å². The molecule has 1 heterocycles. The van der Waals surface area contributed by atoms with Crippen molar-refractivity contribution in [1.29, 1.82) is 0 Å². The zero-order valence-corrected chi connectivity index (χ0v) is 8.85. The Hall–Kier alpha value is -1.07. The Morgan fingerprint density at radius 3 is 2.80 bits per heavy atom. The molecular weight excluding hydrogens is 221 g/mol. The van der Waals surface area contributed by atoms with Crippen molar-refractivity contribution in [2.75, 3.05) is 0 Å². The zero-order valence-electron chi connectivity index (χ0n) is 7.95. The molecule has 0 aliphatic heterocycles. The van der Waals surface area contributed by atoms with Gasteiger partial charge in [-0.05, 0) is 13.0 Å². The molecule has 0 radical (unpaired) electrons. The molecule has 15 heavy (non-hydrogen) atoms. The van der Waals surface area contributed by atoms with Gasteiger partial charge < -0.3 is 9.79 Å². The third-order valence-electron chi connectivity index (χ3n) is 1.67. The monoisotopic (exact) mass is 231 g/mol. The molecule has 0 atom stereocenters. The van der Waals surface area contributed by atoms with Crippen LogP contribution in [0.2, 0.25) is 0 Å². The summed E-state index contributed by atoms with van der Waals surface area (Å²) < 4.78 is 14.7. The smallest absolute Gasteiger partial charge is 0.303 e. The standard InChI is InChI=1S/C8H10NO5P/c1-6-2-7(4-10)8(3-9-6)5-14-15(11,12)13/h2-4H,5H2,1H3,(H2,11,12,13). The highest BCUT2D eigenvalue weighted by atomic mass is 31.2. The van der Waals surface area contributed by atoms with Crippen molar-refractivity contribution in [3.63, 3.8) is 0 Å². The lowest BCUT2D eigenvalue weighted by Crippen LogP contribution is -1.98. The lowest BCUT2D eigenvalue weighted by Gasteiger charge is -2.07. The number of phosphoric acid groups is 1. The number of rotatable bonds is 4. The Bertz CT molecular complexity index is 413. The first-order chi connectivity index (χ1) is 6.92. The van der Waals surface area contributed by atoms with Crippen molar-refractivity contribution in [2.45, 2.75) is 13.5 Å². The van der Waals surface area contributed by atoms with Gasteiger partial charge in [-0.15, -0.1) is 0 Å². The molecule has 0 unspecified atom stereocenters. The molecular formula is C8H10NO5P. The molecule has 1 aromatic heterocycles. The summed E-state index contributed by atoms with van der Waals surface area (Å²) in [5.41, 5.74) is 1.31. The molecule has 2 N–H and O–H groups in total. The van der Waals surface area contributed by atoms with Crippen LogP contribution >= 0.6 is 7.82 Å². The van der Waals surface area contributed by atoms with E-state index in [1.807, 2.05) is 0 Å². The minimum atomic E-state index is -4.52.